The SMILES string of the molecule is Cc1cc(C)c(Nc2ncc(C(=O)Nc3cccc(C#N)c3)cn2)c(Cl)c1. The van der Waals surface area contributed by atoms with Gasteiger partial charge in [-0.25, -0.2) is 9.97 Å². The van der Waals surface area contributed by atoms with Crippen LogP contribution < -0.4 is 10.6 Å². The lowest BCUT2D eigenvalue weighted by Crippen LogP contribution is -2.13. The van der Waals surface area contributed by atoms with Gasteiger partial charge in [0.15, 0.2) is 0 Å². The lowest BCUT2D eigenvalue weighted by atomic mass is 10.1. The summed E-state index contributed by atoms with van der Waals surface area (Å²) >= 11 is 6.28. The molecular weight excluding hydrogens is 362 g/mol. The highest BCUT2D eigenvalue weighted by atomic mass is 35.5. The number of benzene rings is 2. The van der Waals surface area contributed by atoms with Crippen LogP contribution in [0.5, 0.6) is 0 Å². The van der Waals surface area contributed by atoms with E-state index >= 15 is 0 Å². The Labute approximate surface area is 161 Å². The third kappa shape index (κ3) is 4.40. The summed E-state index contributed by atoms with van der Waals surface area (Å²) in [7, 11) is 0. The first-order chi connectivity index (χ1) is 13.0. The largest absolute Gasteiger partial charge is 0.323 e. The highest BCUT2D eigenvalue weighted by molar-refractivity contribution is 6.33. The molecule has 7 heteroatoms. The summed E-state index contributed by atoms with van der Waals surface area (Å²) in [5, 5.41) is 15.3. The zero-order chi connectivity index (χ0) is 19.4. The smallest absolute Gasteiger partial charge is 0.258 e. The van der Waals surface area contributed by atoms with Gasteiger partial charge in [0, 0.05) is 18.1 Å². The Morgan fingerprint density at radius 2 is 1.89 bits per heavy atom. The first-order valence-corrected chi connectivity index (χ1v) is 8.51. The van der Waals surface area contributed by atoms with E-state index in [1.807, 2.05) is 32.0 Å². The van der Waals surface area contributed by atoms with Crippen LogP contribution in [0.15, 0.2) is 48.8 Å². The molecule has 1 heterocycles. The van der Waals surface area contributed by atoms with E-state index in [0.717, 1.165) is 16.8 Å². The number of halogens is 1. The minimum Gasteiger partial charge on any atom is -0.323 e. The molecular formula is C20H16ClN5O. The molecule has 0 unspecified atom stereocenters. The number of anilines is 3. The Balaban J connectivity index is 1.73. The number of hydrogen-bond acceptors (Lipinski definition) is 5. The van der Waals surface area contributed by atoms with Gasteiger partial charge >= 0.3 is 0 Å². The molecule has 3 aromatic rings. The van der Waals surface area contributed by atoms with Crippen molar-refractivity contribution >= 4 is 34.8 Å². The summed E-state index contributed by atoms with van der Waals surface area (Å²) in [6.07, 6.45) is 2.85. The van der Waals surface area contributed by atoms with Gasteiger partial charge in [-0.05, 0) is 49.2 Å². The monoisotopic (exact) mass is 377 g/mol. The molecule has 0 aliphatic carbocycles. The third-order valence-corrected chi connectivity index (χ3v) is 4.13. The fraction of sp³-hybridized carbons (Fsp3) is 0.100. The van der Waals surface area contributed by atoms with Crippen molar-refractivity contribution in [2.75, 3.05) is 10.6 Å². The fourth-order valence-corrected chi connectivity index (χ4v) is 2.93. The number of amides is 1. The first-order valence-electron chi connectivity index (χ1n) is 8.13. The molecule has 1 aromatic heterocycles. The van der Waals surface area contributed by atoms with E-state index in [1.54, 1.807) is 24.3 Å². The van der Waals surface area contributed by atoms with Crippen LogP contribution in [0.3, 0.4) is 0 Å². The fourth-order valence-electron chi connectivity index (χ4n) is 2.57. The second-order valence-electron chi connectivity index (χ2n) is 6.01. The number of nitriles is 1. The van der Waals surface area contributed by atoms with Crippen molar-refractivity contribution in [2.45, 2.75) is 13.8 Å². The molecule has 2 N–H and O–H groups in total. The second kappa shape index (κ2) is 7.85. The Bertz CT molecular complexity index is 1020. The van der Waals surface area contributed by atoms with E-state index in [9.17, 15) is 4.79 Å². The maximum atomic E-state index is 12.3. The predicted molar refractivity (Wildman–Crippen MR) is 105 cm³/mol. The molecule has 0 bridgehead atoms. The minimum absolute atomic E-state index is 0.301. The third-order valence-electron chi connectivity index (χ3n) is 3.83. The van der Waals surface area contributed by atoms with E-state index in [0.29, 0.717) is 27.8 Å². The van der Waals surface area contributed by atoms with Crippen LogP contribution >= 0.6 is 11.6 Å². The van der Waals surface area contributed by atoms with E-state index < -0.39 is 0 Å². The van der Waals surface area contributed by atoms with Crippen molar-refractivity contribution in [1.29, 1.82) is 5.26 Å². The molecule has 134 valence electrons. The number of nitrogens with one attached hydrogen (secondary N) is 2. The molecule has 6 nitrogen and oxygen atoms in total. The molecule has 27 heavy (non-hydrogen) atoms. The van der Waals surface area contributed by atoms with Gasteiger partial charge in [0.25, 0.3) is 5.91 Å². The van der Waals surface area contributed by atoms with E-state index in [4.69, 9.17) is 16.9 Å². The number of aryl methyl sites for hydroxylation is 2. The van der Waals surface area contributed by atoms with Crippen LogP contribution in [0.4, 0.5) is 17.3 Å². The molecule has 0 radical (unpaired) electrons. The van der Waals surface area contributed by atoms with Crippen molar-refractivity contribution in [3.63, 3.8) is 0 Å². The number of nitrogens with zero attached hydrogens (tertiary/aromatic N) is 3. The molecule has 0 atom stereocenters. The number of aromatic nitrogens is 2. The van der Waals surface area contributed by atoms with Gasteiger partial charge in [-0.15, -0.1) is 0 Å². The van der Waals surface area contributed by atoms with Crippen LogP contribution in [-0.2, 0) is 0 Å². The highest BCUT2D eigenvalue weighted by Gasteiger charge is 2.10. The normalized spacial score (nSPS) is 10.1. The first kappa shape index (κ1) is 18.4. The molecule has 0 aliphatic rings. The Morgan fingerprint density at radius 1 is 1.15 bits per heavy atom. The summed E-state index contributed by atoms with van der Waals surface area (Å²) in [6, 6.07) is 12.6. The number of carbonyl (C=O) groups excluding carboxylic acids is 1. The topological polar surface area (TPSA) is 90.7 Å². The van der Waals surface area contributed by atoms with Gasteiger partial charge in [-0.3, -0.25) is 4.79 Å². The van der Waals surface area contributed by atoms with Crippen LogP contribution in [0, 0.1) is 25.2 Å². The van der Waals surface area contributed by atoms with Gasteiger partial charge in [-0.1, -0.05) is 23.7 Å². The maximum absolute atomic E-state index is 12.3. The molecule has 0 spiro atoms. The lowest BCUT2D eigenvalue weighted by molar-refractivity contribution is 0.102. The van der Waals surface area contributed by atoms with Crippen molar-refractivity contribution in [1.82, 2.24) is 9.97 Å². The average Bonchev–Trinajstić information content (AvgIpc) is 2.65. The molecule has 0 saturated carbocycles. The van der Waals surface area contributed by atoms with Gasteiger partial charge in [0.1, 0.15) is 0 Å². The summed E-state index contributed by atoms with van der Waals surface area (Å²) in [5.41, 5.74) is 4.07. The molecule has 0 aliphatic heterocycles. The highest BCUT2D eigenvalue weighted by Crippen LogP contribution is 2.29. The molecule has 0 fully saturated rings. The number of rotatable bonds is 4. The predicted octanol–water partition coefficient (Wildman–Crippen LogP) is 4.61. The summed E-state index contributed by atoms with van der Waals surface area (Å²) in [5.74, 6) is -0.0203. The van der Waals surface area contributed by atoms with E-state index in [1.165, 1.54) is 12.4 Å². The summed E-state index contributed by atoms with van der Waals surface area (Å²) in [4.78, 5) is 20.7. The molecule has 1 amide bonds. The van der Waals surface area contributed by atoms with E-state index in [-0.39, 0.29) is 5.91 Å². The molecule has 0 saturated heterocycles. The maximum Gasteiger partial charge on any atom is 0.258 e. The van der Waals surface area contributed by atoms with Crippen LogP contribution in [0.1, 0.15) is 27.0 Å². The van der Waals surface area contributed by atoms with Gasteiger partial charge < -0.3 is 10.6 Å². The molecule has 2 aromatic carbocycles. The standard InChI is InChI=1S/C20H16ClN5O/c1-12-6-13(2)18(17(21)7-12)26-20-23-10-15(11-24-20)19(27)25-16-5-3-4-14(8-16)9-22/h3-8,10-11H,1-2H3,(H,25,27)(H,23,24,26). The Morgan fingerprint density at radius 3 is 2.56 bits per heavy atom. The zero-order valence-electron chi connectivity index (χ0n) is 14.7. The molecule has 3 rings (SSSR count). The second-order valence-corrected chi connectivity index (χ2v) is 6.41. The quantitative estimate of drug-likeness (QED) is 0.692. The van der Waals surface area contributed by atoms with Crippen LogP contribution in [-0.4, -0.2) is 15.9 Å². The van der Waals surface area contributed by atoms with Gasteiger partial charge in [0.05, 0.1) is 27.9 Å². The number of hydrogen-bond donors (Lipinski definition) is 2. The Hall–Kier alpha value is -3.43. The van der Waals surface area contributed by atoms with Crippen molar-refractivity contribution in [3.8, 4) is 6.07 Å². The van der Waals surface area contributed by atoms with Crippen LogP contribution in [0.25, 0.3) is 0 Å². The van der Waals surface area contributed by atoms with E-state index in [2.05, 4.69) is 20.6 Å². The zero-order valence-corrected chi connectivity index (χ0v) is 15.5. The van der Waals surface area contributed by atoms with Crippen molar-refractivity contribution < 1.29 is 4.79 Å². The van der Waals surface area contributed by atoms with Gasteiger partial charge in [-0.2, -0.15) is 5.26 Å². The van der Waals surface area contributed by atoms with Crippen molar-refractivity contribution in [3.05, 3.63) is 76.1 Å². The lowest BCUT2D eigenvalue weighted by Gasteiger charge is -2.11. The van der Waals surface area contributed by atoms with Crippen molar-refractivity contribution in [2.24, 2.45) is 0 Å². The minimum atomic E-state index is -0.360. The average molecular weight is 378 g/mol. The van der Waals surface area contributed by atoms with Crippen LogP contribution in [0.2, 0.25) is 5.02 Å². The number of carbonyl (C=O) groups is 1. The van der Waals surface area contributed by atoms with Gasteiger partial charge in [0.2, 0.25) is 5.95 Å². The summed E-state index contributed by atoms with van der Waals surface area (Å²) < 4.78 is 0. The summed E-state index contributed by atoms with van der Waals surface area (Å²) in [6.45, 7) is 3.91. The Kier molecular flexibility index (Phi) is 5.34.